The molecule has 1 fully saturated rings. The molecular weight excluding hydrogens is 344 g/mol. The van der Waals surface area contributed by atoms with Gasteiger partial charge in [-0.1, -0.05) is 18.2 Å². The summed E-state index contributed by atoms with van der Waals surface area (Å²) in [4.78, 5) is 16.8. The third kappa shape index (κ3) is 2.75. The van der Waals surface area contributed by atoms with Crippen molar-refractivity contribution in [3.05, 3.63) is 46.2 Å². The van der Waals surface area contributed by atoms with Crippen molar-refractivity contribution >= 4 is 27.5 Å². The van der Waals surface area contributed by atoms with Gasteiger partial charge in [0.1, 0.15) is 0 Å². The molecule has 5 nitrogen and oxygen atoms in total. The third-order valence-corrected chi connectivity index (χ3v) is 5.10. The number of anilines is 1. The molecule has 0 unspecified atom stereocenters. The van der Waals surface area contributed by atoms with Gasteiger partial charge in [-0.15, -0.1) is 0 Å². The number of aryl methyl sites for hydroxylation is 1. The zero-order valence-electron chi connectivity index (χ0n) is 12.8. The van der Waals surface area contributed by atoms with Crippen LogP contribution >= 0.6 is 15.9 Å². The molecule has 2 heterocycles. The van der Waals surface area contributed by atoms with Crippen LogP contribution in [0.3, 0.4) is 0 Å². The molecule has 3 rings (SSSR count). The molecule has 1 aliphatic rings. The second-order valence-electron chi connectivity index (χ2n) is 5.49. The molecule has 6 heteroatoms. The van der Waals surface area contributed by atoms with Crippen LogP contribution in [0.2, 0.25) is 0 Å². The second kappa shape index (κ2) is 6.12. The molecule has 0 bridgehead atoms. The Kier molecular flexibility index (Phi) is 4.20. The van der Waals surface area contributed by atoms with E-state index in [4.69, 9.17) is 0 Å². The Morgan fingerprint density at radius 3 is 2.32 bits per heavy atom. The zero-order valence-corrected chi connectivity index (χ0v) is 14.4. The summed E-state index contributed by atoms with van der Waals surface area (Å²) in [5, 5.41) is 4.33. The quantitative estimate of drug-likeness (QED) is 0.823. The van der Waals surface area contributed by atoms with Gasteiger partial charge >= 0.3 is 0 Å². The average molecular weight is 363 g/mol. The Labute approximate surface area is 138 Å². The van der Waals surface area contributed by atoms with E-state index in [-0.39, 0.29) is 5.91 Å². The molecule has 0 aliphatic carbocycles. The number of nitrogens with zero attached hydrogens (tertiary/aromatic N) is 4. The predicted molar refractivity (Wildman–Crippen MR) is 90.2 cm³/mol. The van der Waals surface area contributed by atoms with Gasteiger partial charge in [0.15, 0.2) is 5.69 Å². The van der Waals surface area contributed by atoms with Gasteiger partial charge in [-0.3, -0.25) is 9.48 Å². The molecule has 1 aromatic heterocycles. The highest BCUT2D eigenvalue weighted by Crippen LogP contribution is 2.22. The summed E-state index contributed by atoms with van der Waals surface area (Å²) in [6.45, 7) is 5.07. The van der Waals surface area contributed by atoms with Crippen LogP contribution in [0.25, 0.3) is 0 Å². The lowest BCUT2D eigenvalue weighted by Crippen LogP contribution is -2.49. The summed E-state index contributed by atoms with van der Waals surface area (Å²) in [6.07, 6.45) is 0. The van der Waals surface area contributed by atoms with E-state index >= 15 is 0 Å². The van der Waals surface area contributed by atoms with Gasteiger partial charge in [0, 0.05) is 38.9 Å². The first-order valence-corrected chi connectivity index (χ1v) is 8.15. The Morgan fingerprint density at radius 1 is 1.14 bits per heavy atom. The Bertz CT molecular complexity index is 675. The molecule has 1 amide bonds. The molecule has 0 radical (unpaired) electrons. The van der Waals surface area contributed by atoms with Crippen molar-refractivity contribution in [2.75, 3.05) is 31.1 Å². The number of rotatable bonds is 2. The first-order valence-electron chi connectivity index (χ1n) is 7.36. The molecule has 22 heavy (non-hydrogen) atoms. The molecule has 2 aromatic rings. The van der Waals surface area contributed by atoms with Gasteiger partial charge in [-0.2, -0.15) is 5.10 Å². The average Bonchev–Trinajstić information content (AvgIpc) is 2.83. The first-order chi connectivity index (χ1) is 10.6. The van der Waals surface area contributed by atoms with Gasteiger partial charge in [0.25, 0.3) is 5.91 Å². The molecular formula is C16H19BrN4O. The van der Waals surface area contributed by atoms with E-state index < -0.39 is 0 Å². The van der Waals surface area contributed by atoms with Crippen LogP contribution < -0.4 is 4.90 Å². The summed E-state index contributed by atoms with van der Waals surface area (Å²) in [5.41, 5.74) is 2.68. The number of benzene rings is 1. The van der Waals surface area contributed by atoms with Crippen LogP contribution in [-0.4, -0.2) is 46.8 Å². The van der Waals surface area contributed by atoms with Crippen LogP contribution in [0.5, 0.6) is 0 Å². The largest absolute Gasteiger partial charge is 0.368 e. The fraction of sp³-hybridized carbons (Fsp3) is 0.375. The maximum Gasteiger partial charge on any atom is 0.275 e. The summed E-state index contributed by atoms with van der Waals surface area (Å²) < 4.78 is 2.53. The van der Waals surface area contributed by atoms with Gasteiger partial charge in [-0.25, -0.2) is 0 Å². The molecule has 0 spiro atoms. The van der Waals surface area contributed by atoms with E-state index in [2.05, 4.69) is 38.1 Å². The van der Waals surface area contributed by atoms with E-state index in [0.717, 1.165) is 36.3 Å². The van der Waals surface area contributed by atoms with Crippen LogP contribution in [0.1, 0.15) is 16.2 Å². The van der Waals surface area contributed by atoms with E-state index in [9.17, 15) is 4.79 Å². The maximum absolute atomic E-state index is 12.6. The smallest absolute Gasteiger partial charge is 0.275 e. The Balaban J connectivity index is 1.68. The fourth-order valence-electron chi connectivity index (χ4n) is 2.68. The molecule has 0 saturated carbocycles. The molecule has 116 valence electrons. The van der Waals surface area contributed by atoms with Gasteiger partial charge < -0.3 is 9.80 Å². The minimum atomic E-state index is 0.00304. The van der Waals surface area contributed by atoms with E-state index in [1.54, 1.807) is 4.68 Å². The van der Waals surface area contributed by atoms with Crippen LogP contribution in [0.4, 0.5) is 5.69 Å². The Morgan fingerprint density at radius 2 is 1.77 bits per heavy atom. The zero-order chi connectivity index (χ0) is 15.7. The van der Waals surface area contributed by atoms with E-state index in [0.29, 0.717) is 5.69 Å². The van der Waals surface area contributed by atoms with Crippen molar-refractivity contribution in [1.82, 2.24) is 14.7 Å². The number of piperazine rings is 1. The fourth-order valence-corrected chi connectivity index (χ4v) is 3.18. The van der Waals surface area contributed by atoms with Crippen molar-refractivity contribution in [1.29, 1.82) is 0 Å². The molecule has 1 aromatic carbocycles. The van der Waals surface area contributed by atoms with Crippen molar-refractivity contribution in [2.45, 2.75) is 6.92 Å². The number of carbonyl (C=O) groups is 1. The Hall–Kier alpha value is -1.82. The molecule has 0 atom stereocenters. The predicted octanol–water partition coefficient (Wildman–Crippen LogP) is 2.45. The number of hydrogen-bond donors (Lipinski definition) is 0. The summed E-state index contributed by atoms with van der Waals surface area (Å²) in [5.74, 6) is 0.00304. The first kappa shape index (κ1) is 15.1. The summed E-state index contributed by atoms with van der Waals surface area (Å²) in [7, 11) is 1.85. The normalized spacial score (nSPS) is 15.2. The highest BCUT2D eigenvalue weighted by Gasteiger charge is 2.26. The highest BCUT2D eigenvalue weighted by atomic mass is 79.9. The minimum absolute atomic E-state index is 0.00304. The van der Waals surface area contributed by atoms with Crippen molar-refractivity contribution in [3.8, 4) is 0 Å². The SMILES string of the molecule is Cc1c(Br)c(C(=O)N2CCN(c3ccccc3)CC2)nn1C. The molecule has 0 N–H and O–H groups in total. The van der Waals surface area contributed by atoms with E-state index in [1.165, 1.54) is 5.69 Å². The molecule has 1 aliphatic heterocycles. The number of carbonyl (C=O) groups excluding carboxylic acids is 1. The third-order valence-electron chi connectivity index (χ3n) is 4.15. The van der Waals surface area contributed by atoms with Crippen molar-refractivity contribution in [2.24, 2.45) is 7.05 Å². The number of hydrogen-bond acceptors (Lipinski definition) is 3. The van der Waals surface area contributed by atoms with Crippen LogP contribution in [0, 0.1) is 6.92 Å². The van der Waals surface area contributed by atoms with Crippen molar-refractivity contribution in [3.63, 3.8) is 0 Å². The molecule has 1 saturated heterocycles. The van der Waals surface area contributed by atoms with Crippen molar-refractivity contribution < 1.29 is 4.79 Å². The summed E-state index contributed by atoms with van der Waals surface area (Å²) in [6, 6.07) is 10.3. The monoisotopic (exact) mass is 362 g/mol. The number of para-hydroxylation sites is 1. The van der Waals surface area contributed by atoms with E-state index in [1.807, 2.05) is 37.1 Å². The van der Waals surface area contributed by atoms with Gasteiger partial charge in [0.05, 0.1) is 10.2 Å². The minimum Gasteiger partial charge on any atom is -0.368 e. The topological polar surface area (TPSA) is 41.4 Å². The maximum atomic E-state index is 12.6. The lowest BCUT2D eigenvalue weighted by Gasteiger charge is -2.35. The lowest BCUT2D eigenvalue weighted by molar-refractivity contribution is 0.0739. The standard InChI is InChI=1S/C16H19BrN4O/c1-12-14(17)15(18-19(12)2)16(22)21-10-8-20(9-11-21)13-6-4-3-5-7-13/h3-7H,8-11H2,1-2H3. The lowest BCUT2D eigenvalue weighted by atomic mass is 10.2. The number of amides is 1. The van der Waals surface area contributed by atoms with Gasteiger partial charge in [-0.05, 0) is 35.0 Å². The number of aromatic nitrogens is 2. The highest BCUT2D eigenvalue weighted by molar-refractivity contribution is 9.10. The van der Waals surface area contributed by atoms with Gasteiger partial charge in [0.2, 0.25) is 0 Å². The summed E-state index contributed by atoms with van der Waals surface area (Å²) >= 11 is 3.48. The second-order valence-corrected chi connectivity index (χ2v) is 6.28. The van der Waals surface area contributed by atoms with Crippen LogP contribution in [0.15, 0.2) is 34.8 Å². The number of halogens is 1. The van der Waals surface area contributed by atoms with Crippen LogP contribution in [-0.2, 0) is 7.05 Å².